The van der Waals surface area contributed by atoms with E-state index in [1.54, 1.807) is 0 Å². The number of primary sulfonamides is 1. The molecule has 0 bridgehead atoms. The van der Waals surface area contributed by atoms with Crippen LogP contribution in [0.3, 0.4) is 0 Å². The van der Waals surface area contributed by atoms with Crippen LogP contribution in [0.25, 0.3) is 0 Å². The number of carbonyl (C=O) groups is 1. The first-order valence-electron chi connectivity index (χ1n) is 9.47. The Hall–Kier alpha value is -2.38. The van der Waals surface area contributed by atoms with Gasteiger partial charge in [0.2, 0.25) is 26.0 Å². The van der Waals surface area contributed by atoms with E-state index in [-0.39, 0.29) is 35.2 Å². The van der Waals surface area contributed by atoms with Crippen LogP contribution in [0.5, 0.6) is 0 Å². The van der Waals surface area contributed by atoms with E-state index in [2.05, 4.69) is 5.32 Å². The van der Waals surface area contributed by atoms with Crippen molar-refractivity contribution >= 4 is 31.6 Å². The van der Waals surface area contributed by atoms with Gasteiger partial charge in [-0.05, 0) is 36.4 Å². The lowest BCUT2D eigenvalue weighted by Crippen LogP contribution is -2.49. The van der Waals surface area contributed by atoms with Gasteiger partial charge in [0.25, 0.3) is 0 Å². The molecule has 0 aromatic heterocycles. The molecule has 1 amide bonds. The molecular formula is C19H23FN4O5S2. The van der Waals surface area contributed by atoms with E-state index in [1.807, 2.05) is 4.90 Å². The minimum Gasteiger partial charge on any atom is -0.326 e. The molecule has 31 heavy (non-hydrogen) atoms. The average molecular weight is 471 g/mol. The summed E-state index contributed by atoms with van der Waals surface area (Å²) in [6.07, 6.45) is 0.178. The van der Waals surface area contributed by atoms with E-state index in [0.717, 1.165) is 6.07 Å². The summed E-state index contributed by atoms with van der Waals surface area (Å²) in [5.41, 5.74) is 0.443. The summed E-state index contributed by atoms with van der Waals surface area (Å²) in [4.78, 5) is 13.7. The molecule has 0 unspecified atom stereocenters. The maximum atomic E-state index is 13.9. The van der Waals surface area contributed by atoms with Crippen LogP contribution in [-0.4, -0.2) is 64.7 Å². The van der Waals surface area contributed by atoms with E-state index in [4.69, 9.17) is 5.14 Å². The third-order valence-electron chi connectivity index (χ3n) is 4.91. The second-order valence-corrected chi connectivity index (χ2v) is 10.5. The van der Waals surface area contributed by atoms with Crippen molar-refractivity contribution in [3.8, 4) is 0 Å². The van der Waals surface area contributed by atoms with Crippen molar-refractivity contribution in [2.75, 3.05) is 38.0 Å². The quantitative estimate of drug-likeness (QED) is 0.616. The second-order valence-electron chi connectivity index (χ2n) is 7.04. The molecule has 0 atom stereocenters. The number of nitrogens with zero attached hydrogens (tertiary/aromatic N) is 2. The topological polar surface area (TPSA) is 130 Å². The SMILES string of the molecule is NS(=O)(=O)c1ccc(NC(=O)CCN2CCN(S(=O)(=O)c3ccccc3F)CC2)cc1. The highest BCUT2D eigenvalue weighted by Gasteiger charge is 2.30. The molecule has 9 nitrogen and oxygen atoms in total. The number of carbonyl (C=O) groups excluding carboxylic acids is 1. The first-order valence-corrected chi connectivity index (χ1v) is 12.5. The number of amides is 1. The van der Waals surface area contributed by atoms with Gasteiger partial charge in [-0.1, -0.05) is 12.1 Å². The van der Waals surface area contributed by atoms with Crippen molar-refractivity contribution in [3.63, 3.8) is 0 Å². The number of anilines is 1. The molecule has 12 heteroatoms. The molecular weight excluding hydrogens is 447 g/mol. The van der Waals surface area contributed by atoms with Crippen LogP contribution in [0.2, 0.25) is 0 Å². The van der Waals surface area contributed by atoms with Gasteiger partial charge in [-0.15, -0.1) is 0 Å². The Kier molecular flexibility index (Phi) is 7.06. The number of rotatable bonds is 7. The van der Waals surface area contributed by atoms with Gasteiger partial charge in [-0.25, -0.2) is 26.4 Å². The molecule has 1 aliphatic rings. The third-order valence-corrected chi connectivity index (χ3v) is 7.77. The number of hydrogen-bond donors (Lipinski definition) is 2. The fraction of sp³-hybridized carbons (Fsp3) is 0.316. The van der Waals surface area contributed by atoms with Crippen molar-refractivity contribution < 1.29 is 26.0 Å². The Morgan fingerprint density at radius 1 is 0.968 bits per heavy atom. The van der Waals surface area contributed by atoms with Crippen molar-refractivity contribution in [2.24, 2.45) is 5.14 Å². The summed E-state index contributed by atoms with van der Waals surface area (Å²) in [6, 6.07) is 10.8. The van der Waals surface area contributed by atoms with Crippen molar-refractivity contribution in [1.29, 1.82) is 0 Å². The van der Waals surface area contributed by atoms with Crippen LogP contribution in [-0.2, 0) is 24.8 Å². The third kappa shape index (κ3) is 5.86. The molecule has 0 spiro atoms. The molecule has 0 aliphatic carbocycles. The van der Waals surface area contributed by atoms with Crippen LogP contribution < -0.4 is 10.5 Å². The molecule has 0 radical (unpaired) electrons. The largest absolute Gasteiger partial charge is 0.326 e. The molecule has 3 rings (SSSR count). The van der Waals surface area contributed by atoms with Crippen LogP contribution >= 0.6 is 0 Å². The smallest absolute Gasteiger partial charge is 0.246 e. The lowest BCUT2D eigenvalue weighted by molar-refractivity contribution is -0.116. The van der Waals surface area contributed by atoms with E-state index in [1.165, 1.54) is 46.8 Å². The molecule has 1 saturated heterocycles. The molecule has 0 saturated carbocycles. The summed E-state index contributed by atoms with van der Waals surface area (Å²) in [5.74, 6) is -1.04. The number of nitrogens with two attached hydrogens (primary N) is 1. The first-order chi connectivity index (χ1) is 14.6. The molecule has 3 N–H and O–H groups in total. The normalized spacial score (nSPS) is 16.2. The Balaban J connectivity index is 1.48. The number of halogens is 1. The summed E-state index contributed by atoms with van der Waals surface area (Å²) < 4.78 is 62.9. The zero-order valence-corrected chi connectivity index (χ0v) is 18.2. The monoisotopic (exact) mass is 470 g/mol. The molecule has 1 fully saturated rings. The zero-order chi connectivity index (χ0) is 22.6. The lowest BCUT2D eigenvalue weighted by Gasteiger charge is -2.33. The average Bonchev–Trinajstić information content (AvgIpc) is 2.72. The maximum Gasteiger partial charge on any atom is 0.246 e. The highest BCUT2D eigenvalue weighted by molar-refractivity contribution is 7.89. The number of sulfonamides is 2. The van der Waals surface area contributed by atoms with E-state index in [0.29, 0.717) is 25.3 Å². The minimum atomic E-state index is -3.90. The van der Waals surface area contributed by atoms with Gasteiger partial charge in [-0.3, -0.25) is 4.79 Å². The summed E-state index contributed by atoms with van der Waals surface area (Å²) >= 11 is 0. The summed E-state index contributed by atoms with van der Waals surface area (Å²) in [6.45, 7) is 1.67. The number of piperazine rings is 1. The van der Waals surface area contributed by atoms with Crippen LogP contribution in [0.15, 0.2) is 58.3 Å². The van der Waals surface area contributed by atoms with E-state index >= 15 is 0 Å². The highest BCUT2D eigenvalue weighted by atomic mass is 32.2. The standard InChI is InChI=1S/C19H23FN4O5S2/c20-17-3-1-2-4-18(17)31(28,29)24-13-11-23(12-14-24)10-9-19(25)22-15-5-7-16(8-6-15)30(21,26)27/h1-8H,9-14H2,(H,22,25)(H2,21,26,27). The molecule has 168 valence electrons. The van der Waals surface area contributed by atoms with Gasteiger partial charge in [0.1, 0.15) is 10.7 Å². The fourth-order valence-corrected chi connectivity index (χ4v) is 5.20. The lowest BCUT2D eigenvalue weighted by atomic mass is 10.3. The zero-order valence-electron chi connectivity index (χ0n) is 16.6. The van der Waals surface area contributed by atoms with Gasteiger partial charge in [0.15, 0.2) is 0 Å². The van der Waals surface area contributed by atoms with Crippen LogP contribution in [0, 0.1) is 5.82 Å². The minimum absolute atomic E-state index is 0.0475. The van der Waals surface area contributed by atoms with Crippen molar-refractivity contribution in [1.82, 2.24) is 9.21 Å². The predicted octanol–water partition coefficient (Wildman–Crippen LogP) is 0.808. The van der Waals surface area contributed by atoms with E-state index in [9.17, 15) is 26.0 Å². The van der Waals surface area contributed by atoms with Gasteiger partial charge in [0, 0.05) is 44.8 Å². The number of nitrogens with one attached hydrogen (secondary N) is 1. The fourth-order valence-electron chi connectivity index (χ4n) is 3.20. The Labute approximate surface area is 180 Å². The van der Waals surface area contributed by atoms with Gasteiger partial charge < -0.3 is 10.2 Å². The number of hydrogen-bond acceptors (Lipinski definition) is 6. The molecule has 1 aliphatic heterocycles. The second kappa shape index (κ2) is 9.40. The van der Waals surface area contributed by atoms with Crippen molar-refractivity contribution in [3.05, 3.63) is 54.3 Å². The Morgan fingerprint density at radius 2 is 1.58 bits per heavy atom. The van der Waals surface area contributed by atoms with Crippen LogP contribution in [0.1, 0.15) is 6.42 Å². The Bertz CT molecular complexity index is 1150. The maximum absolute atomic E-state index is 13.9. The number of benzene rings is 2. The Morgan fingerprint density at radius 3 is 2.16 bits per heavy atom. The molecule has 1 heterocycles. The van der Waals surface area contributed by atoms with Gasteiger partial charge in [0.05, 0.1) is 4.90 Å². The predicted molar refractivity (Wildman–Crippen MR) is 113 cm³/mol. The highest BCUT2D eigenvalue weighted by Crippen LogP contribution is 2.20. The first kappa shape index (κ1) is 23.3. The van der Waals surface area contributed by atoms with E-state index < -0.39 is 25.9 Å². The summed E-state index contributed by atoms with van der Waals surface area (Å²) in [7, 11) is -7.70. The summed E-state index contributed by atoms with van der Waals surface area (Å²) in [5, 5.41) is 7.71. The molecule has 2 aromatic rings. The van der Waals surface area contributed by atoms with Gasteiger partial charge in [-0.2, -0.15) is 4.31 Å². The van der Waals surface area contributed by atoms with Gasteiger partial charge >= 0.3 is 0 Å². The van der Waals surface area contributed by atoms with Crippen LogP contribution in [0.4, 0.5) is 10.1 Å². The van der Waals surface area contributed by atoms with Crippen molar-refractivity contribution in [2.45, 2.75) is 16.2 Å². The molecule has 2 aromatic carbocycles.